The maximum absolute atomic E-state index is 2.58. The average molecular weight is 882 g/mol. The van der Waals surface area contributed by atoms with Crippen molar-refractivity contribution in [2.24, 2.45) is 0 Å². The number of nitrogens with zero attached hydrogens (tertiary/aromatic N) is 3. The summed E-state index contributed by atoms with van der Waals surface area (Å²) in [7, 11) is 0. The maximum Gasteiger partial charge on any atom is 0.0561 e. The molecule has 0 aliphatic carbocycles. The number of para-hydroxylation sites is 2. The van der Waals surface area contributed by atoms with Gasteiger partial charge >= 0.3 is 0 Å². The lowest BCUT2D eigenvalue weighted by atomic mass is 9.71. The fourth-order valence-corrected chi connectivity index (χ4v) is 11.1. The van der Waals surface area contributed by atoms with Crippen LogP contribution < -0.4 is 9.80 Å². The SMILES string of the molecule is CC(C)(C)c1cc(-n2c3cc(N4c5ccccc5C(C)(C)c5cc(C(C)(C)C)ccc54)ccc3c3ccc(N4c5ccccc5C(C)(C)c5cc(C(C)(C)C)ccc54)cc32)cc(C(C)(C)C)c1. The molecule has 0 unspecified atom stereocenters. The van der Waals surface area contributed by atoms with Crippen molar-refractivity contribution in [3.05, 3.63) is 184 Å². The molecule has 0 amide bonds. The van der Waals surface area contributed by atoms with Gasteiger partial charge in [-0.25, -0.2) is 0 Å². The van der Waals surface area contributed by atoms with Crippen molar-refractivity contribution >= 4 is 55.9 Å². The molecule has 3 heterocycles. The van der Waals surface area contributed by atoms with Crippen LogP contribution in [0.25, 0.3) is 27.5 Å². The van der Waals surface area contributed by atoms with Gasteiger partial charge in [-0.05, 0) is 127 Å². The molecule has 0 saturated carbocycles. The largest absolute Gasteiger partial charge is 0.310 e. The van der Waals surface area contributed by atoms with Gasteiger partial charge in [-0.3, -0.25) is 0 Å². The van der Waals surface area contributed by atoms with E-state index < -0.39 is 0 Å². The van der Waals surface area contributed by atoms with Gasteiger partial charge in [0.05, 0.1) is 33.8 Å². The number of fused-ring (bicyclic) bond motifs is 7. The fraction of sp³-hybridized carbons (Fsp3) is 0.344. The first kappa shape index (κ1) is 44.8. The van der Waals surface area contributed by atoms with Crippen LogP contribution in [-0.4, -0.2) is 4.57 Å². The number of hydrogen-bond donors (Lipinski definition) is 0. The van der Waals surface area contributed by atoms with E-state index in [4.69, 9.17) is 0 Å². The molecule has 10 rings (SSSR count). The molecule has 67 heavy (non-hydrogen) atoms. The summed E-state index contributed by atoms with van der Waals surface area (Å²) in [5, 5.41) is 2.49. The topological polar surface area (TPSA) is 11.4 Å². The summed E-state index contributed by atoms with van der Waals surface area (Å²) in [6, 6.07) is 54.3. The molecule has 8 aromatic rings. The van der Waals surface area contributed by atoms with Crippen molar-refractivity contribution in [1.29, 1.82) is 0 Å². The van der Waals surface area contributed by atoms with E-state index in [1.165, 1.54) is 94.8 Å². The van der Waals surface area contributed by atoms with Crippen molar-refractivity contribution in [3.63, 3.8) is 0 Å². The van der Waals surface area contributed by atoms with Gasteiger partial charge in [0.2, 0.25) is 0 Å². The lowest BCUT2D eigenvalue weighted by Gasteiger charge is -2.42. The van der Waals surface area contributed by atoms with Crippen LogP contribution in [0, 0.1) is 0 Å². The Morgan fingerprint density at radius 2 is 0.672 bits per heavy atom. The normalized spacial score (nSPS) is 15.6. The van der Waals surface area contributed by atoms with Crippen LogP contribution in [0.3, 0.4) is 0 Å². The van der Waals surface area contributed by atoms with Crippen molar-refractivity contribution < 1.29 is 0 Å². The van der Waals surface area contributed by atoms with Gasteiger partial charge in [-0.1, -0.05) is 190 Å². The molecular formula is C64H71N3. The predicted octanol–water partition coefficient (Wildman–Crippen LogP) is 18.2. The molecule has 0 atom stereocenters. The standard InChI is InChI=1S/C64H71N3/c1-59(2,3)40-25-31-55-51(36-40)63(13,14)49-21-17-19-23-53(49)65(55)44-27-29-47-48-30-28-45(39-58(48)67(57(47)38-44)46-34-42(61(7,8)9)33-43(35-46)62(10,11)12)66-54-24-20-18-22-50(54)64(15,16)52-37-41(60(4,5)6)26-32-56(52)66/h17-39H,1-16H3. The molecule has 0 saturated heterocycles. The van der Waals surface area contributed by atoms with Gasteiger partial charge < -0.3 is 14.4 Å². The second-order valence-corrected chi connectivity index (χ2v) is 24.9. The van der Waals surface area contributed by atoms with Crippen molar-refractivity contribution in [2.75, 3.05) is 9.80 Å². The number of aromatic nitrogens is 1. The molecule has 0 spiro atoms. The molecule has 3 heteroatoms. The van der Waals surface area contributed by atoms with Crippen LogP contribution in [0.5, 0.6) is 0 Å². The van der Waals surface area contributed by atoms with Crippen molar-refractivity contribution in [1.82, 2.24) is 4.57 Å². The second-order valence-electron chi connectivity index (χ2n) is 24.9. The van der Waals surface area contributed by atoms with Crippen LogP contribution in [0.2, 0.25) is 0 Å². The molecule has 3 nitrogen and oxygen atoms in total. The van der Waals surface area contributed by atoms with Crippen LogP contribution in [0.15, 0.2) is 140 Å². The molecular weight excluding hydrogens is 811 g/mol. The molecule has 2 aliphatic rings. The third-order valence-corrected chi connectivity index (χ3v) is 15.3. The first-order valence-electron chi connectivity index (χ1n) is 24.6. The van der Waals surface area contributed by atoms with E-state index in [0.29, 0.717) is 0 Å². The Bertz CT molecular complexity index is 3070. The quantitative estimate of drug-likeness (QED) is 0.175. The Balaban J connectivity index is 1.27. The minimum Gasteiger partial charge on any atom is -0.310 e. The van der Waals surface area contributed by atoms with E-state index in [2.05, 4.69) is 265 Å². The minimum atomic E-state index is -0.176. The molecule has 342 valence electrons. The number of benzene rings is 7. The van der Waals surface area contributed by atoms with Gasteiger partial charge in [0.15, 0.2) is 0 Å². The van der Waals surface area contributed by atoms with Gasteiger partial charge in [0.25, 0.3) is 0 Å². The van der Waals surface area contributed by atoms with E-state index in [1.54, 1.807) is 0 Å². The molecule has 7 aromatic carbocycles. The number of hydrogen-bond acceptors (Lipinski definition) is 2. The lowest BCUT2D eigenvalue weighted by Crippen LogP contribution is -2.31. The molecule has 0 radical (unpaired) electrons. The highest BCUT2D eigenvalue weighted by atomic mass is 15.2. The van der Waals surface area contributed by atoms with E-state index in [0.717, 1.165) is 11.4 Å². The average Bonchev–Trinajstić information content (AvgIpc) is 3.58. The summed E-state index contributed by atoms with van der Waals surface area (Å²) in [4.78, 5) is 5.05. The van der Waals surface area contributed by atoms with Crippen LogP contribution in [0.4, 0.5) is 34.1 Å². The molecule has 2 aliphatic heterocycles. The Labute approximate surface area is 401 Å². The Morgan fingerprint density at radius 1 is 0.313 bits per heavy atom. The third kappa shape index (κ3) is 7.13. The highest BCUT2D eigenvalue weighted by Crippen LogP contribution is 2.55. The van der Waals surface area contributed by atoms with E-state index >= 15 is 0 Å². The van der Waals surface area contributed by atoms with Crippen LogP contribution in [-0.2, 0) is 32.5 Å². The second kappa shape index (κ2) is 14.7. The summed E-state index contributed by atoms with van der Waals surface area (Å²) in [5.74, 6) is 0. The summed E-state index contributed by atoms with van der Waals surface area (Å²) in [6.45, 7) is 37.6. The molecule has 1 aromatic heterocycles. The van der Waals surface area contributed by atoms with E-state index in [9.17, 15) is 0 Å². The third-order valence-electron chi connectivity index (χ3n) is 15.3. The summed E-state index contributed by atoms with van der Waals surface area (Å²) in [6.07, 6.45) is 0. The maximum atomic E-state index is 2.58. The van der Waals surface area contributed by atoms with Gasteiger partial charge in [-0.2, -0.15) is 0 Å². The fourth-order valence-electron chi connectivity index (χ4n) is 11.1. The van der Waals surface area contributed by atoms with Gasteiger partial charge in [0.1, 0.15) is 0 Å². The van der Waals surface area contributed by atoms with Gasteiger partial charge in [-0.15, -0.1) is 0 Å². The Hall–Kier alpha value is -6.06. The highest BCUT2D eigenvalue weighted by Gasteiger charge is 2.40. The van der Waals surface area contributed by atoms with Crippen molar-refractivity contribution in [3.8, 4) is 5.69 Å². The molecule has 0 N–H and O–H groups in total. The molecule has 0 bridgehead atoms. The Kier molecular flexibility index (Phi) is 9.83. The lowest BCUT2D eigenvalue weighted by molar-refractivity contribution is 0.568. The van der Waals surface area contributed by atoms with E-state index in [1.807, 2.05) is 0 Å². The van der Waals surface area contributed by atoms with Crippen LogP contribution >= 0.6 is 0 Å². The first-order valence-corrected chi connectivity index (χ1v) is 24.6. The smallest absolute Gasteiger partial charge is 0.0561 e. The molecule has 0 fully saturated rings. The zero-order valence-corrected chi connectivity index (χ0v) is 43.1. The summed E-state index contributed by atoms with van der Waals surface area (Å²) in [5.41, 5.74) is 21.2. The Morgan fingerprint density at radius 3 is 1.04 bits per heavy atom. The summed E-state index contributed by atoms with van der Waals surface area (Å²) < 4.78 is 2.58. The van der Waals surface area contributed by atoms with E-state index in [-0.39, 0.29) is 32.5 Å². The zero-order chi connectivity index (χ0) is 48.0. The monoisotopic (exact) mass is 882 g/mol. The number of rotatable bonds is 3. The van der Waals surface area contributed by atoms with Crippen molar-refractivity contribution in [2.45, 2.75) is 143 Å². The highest BCUT2D eigenvalue weighted by molar-refractivity contribution is 6.12. The van der Waals surface area contributed by atoms with Crippen LogP contribution in [0.1, 0.15) is 155 Å². The zero-order valence-electron chi connectivity index (χ0n) is 43.1. The first-order chi connectivity index (χ1) is 31.3. The minimum absolute atomic E-state index is 0.0308. The number of anilines is 6. The predicted molar refractivity (Wildman–Crippen MR) is 289 cm³/mol. The summed E-state index contributed by atoms with van der Waals surface area (Å²) >= 11 is 0. The van der Waals surface area contributed by atoms with Gasteiger partial charge in [0, 0.05) is 38.7 Å².